The van der Waals surface area contributed by atoms with Gasteiger partial charge >= 0.3 is 0 Å². The number of aromatic nitrogens is 2. The smallest absolute Gasteiger partial charge is 0.0717 e. The van der Waals surface area contributed by atoms with Crippen molar-refractivity contribution in [1.82, 2.24) is 10.2 Å². The summed E-state index contributed by atoms with van der Waals surface area (Å²) in [6.45, 7) is 7.65. The average molecular weight is 367 g/mol. The Morgan fingerprint density at radius 1 is 1.19 bits per heavy atom. The van der Waals surface area contributed by atoms with Gasteiger partial charge in [0, 0.05) is 18.8 Å². The zero-order valence-electron chi connectivity index (χ0n) is 16.5. The van der Waals surface area contributed by atoms with Crippen LogP contribution in [0.25, 0.3) is 6.08 Å². The standard InChI is InChI=1S/C23H30N2O2/c1-22(2,17-27-16-18-6-4-3-5-7-18)15-21-19-14-23(10-12-26-13-11-23)9-8-20(19)24-25-21/h3-9H,10-17H2,1-2H3,(H,24,25). The molecular weight excluding hydrogens is 336 g/mol. The first kappa shape index (κ1) is 18.5. The summed E-state index contributed by atoms with van der Waals surface area (Å²) in [6.07, 6.45) is 8.84. The summed E-state index contributed by atoms with van der Waals surface area (Å²) in [5.41, 5.74) is 5.31. The minimum Gasteiger partial charge on any atom is -0.381 e. The Morgan fingerprint density at radius 3 is 2.74 bits per heavy atom. The van der Waals surface area contributed by atoms with Crippen LogP contribution in [0.15, 0.2) is 36.4 Å². The molecule has 1 N–H and O–H groups in total. The van der Waals surface area contributed by atoms with Crippen LogP contribution in [-0.4, -0.2) is 30.0 Å². The molecule has 2 aromatic rings. The molecule has 4 rings (SSSR count). The highest BCUT2D eigenvalue weighted by Gasteiger charge is 2.35. The van der Waals surface area contributed by atoms with E-state index in [1.807, 2.05) is 6.07 Å². The first-order chi connectivity index (χ1) is 13.1. The van der Waals surface area contributed by atoms with Gasteiger partial charge in [0.2, 0.25) is 0 Å². The number of rotatable bonds is 6. The molecule has 1 aromatic carbocycles. The van der Waals surface area contributed by atoms with Crippen molar-refractivity contribution in [2.24, 2.45) is 10.8 Å². The van der Waals surface area contributed by atoms with E-state index in [1.165, 1.54) is 22.5 Å². The number of H-pyrrole nitrogens is 1. The maximum Gasteiger partial charge on any atom is 0.0717 e. The number of allylic oxidation sites excluding steroid dienone is 1. The molecule has 1 aliphatic heterocycles. The number of benzene rings is 1. The topological polar surface area (TPSA) is 47.1 Å². The zero-order chi connectivity index (χ0) is 18.7. The van der Waals surface area contributed by atoms with Crippen LogP contribution < -0.4 is 0 Å². The molecule has 0 amide bonds. The van der Waals surface area contributed by atoms with Gasteiger partial charge in [-0.1, -0.05) is 50.3 Å². The fourth-order valence-electron chi connectivity index (χ4n) is 4.22. The molecule has 1 aromatic heterocycles. The molecule has 1 fully saturated rings. The van der Waals surface area contributed by atoms with E-state index >= 15 is 0 Å². The van der Waals surface area contributed by atoms with Crippen LogP contribution in [0, 0.1) is 10.8 Å². The van der Waals surface area contributed by atoms with Crippen LogP contribution in [0.4, 0.5) is 0 Å². The first-order valence-electron chi connectivity index (χ1n) is 10.0. The normalized spacial score (nSPS) is 18.6. The van der Waals surface area contributed by atoms with Crippen molar-refractivity contribution < 1.29 is 9.47 Å². The molecule has 1 aliphatic carbocycles. The highest BCUT2D eigenvalue weighted by Crippen LogP contribution is 2.41. The number of fused-ring (bicyclic) bond motifs is 1. The van der Waals surface area contributed by atoms with Crippen LogP contribution >= 0.6 is 0 Å². The lowest BCUT2D eigenvalue weighted by Crippen LogP contribution is -2.32. The molecule has 0 bridgehead atoms. The van der Waals surface area contributed by atoms with E-state index in [9.17, 15) is 0 Å². The van der Waals surface area contributed by atoms with E-state index in [-0.39, 0.29) is 10.8 Å². The lowest BCUT2D eigenvalue weighted by atomic mass is 9.71. The second-order valence-corrected chi connectivity index (χ2v) is 8.87. The van der Waals surface area contributed by atoms with Gasteiger partial charge in [-0.05, 0) is 48.2 Å². The van der Waals surface area contributed by atoms with E-state index in [1.54, 1.807) is 0 Å². The molecule has 0 unspecified atom stereocenters. The molecule has 1 saturated heterocycles. The van der Waals surface area contributed by atoms with Crippen molar-refractivity contribution in [2.45, 2.75) is 46.1 Å². The Bertz CT molecular complexity index is 786. The predicted octanol–water partition coefficient (Wildman–Crippen LogP) is 4.56. The summed E-state index contributed by atoms with van der Waals surface area (Å²) in [5, 5.41) is 7.91. The maximum atomic E-state index is 6.02. The van der Waals surface area contributed by atoms with Crippen molar-refractivity contribution in [3.63, 3.8) is 0 Å². The quantitative estimate of drug-likeness (QED) is 0.815. The van der Waals surface area contributed by atoms with Crippen LogP contribution in [0.5, 0.6) is 0 Å². The lowest BCUT2D eigenvalue weighted by Gasteiger charge is -2.37. The molecule has 4 heteroatoms. The third-order valence-electron chi connectivity index (χ3n) is 5.86. The SMILES string of the molecule is CC(C)(COCc1ccccc1)Cc1n[nH]c2c1CC1(C=C2)CCOCC1. The summed E-state index contributed by atoms with van der Waals surface area (Å²) in [5.74, 6) is 0. The Balaban J connectivity index is 1.40. The van der Waals surface area contributed by atoms with Crippen LogP contribution in [0.2, 0.25) is 0 Å². The fourth-order valence-corrected chi connectivity index (χ4v) is 4.22. The number of nitrogens with one attached hydrogen (secondary N) is 1. The molecule has 2 heterocycles. The van der Waals surface area contributed by atoms with Gasteiger partial charge in [0.1, 0.15) is 0 Å². The van der Waals surface area contributed by atoms with Gasteiger partial charge in [-0.25, -0.2) is 0 Å². The molecule has 144 valence electrons. The summed E-state index contributed by atoms with van der Waals surface area (Å²) in [4.78, 5) is 0. The number of hydrogen-bond acceptors (Lipinski definition) is 3. The maximum absolute atomic E-state index is 6.02. The molecular formula is C23H30N2O2. The van der Waals surface area contributed by atoms with Crippen molar-refractivity contribution in [2.75, 3.05) is 19.8 Å². The summed E-state index contributed by atoms with van der Waals surface area (Å²) in [7, 11) is 0. The van der Waals surface area contributed by atoms with E-state index < -0.39 is 0 Å². The predicted molar refractivity (Wildman–Crippen MR) is 107 cm³/mol. The average Bonchev–Trinajstić information content (AvgIpc) is 3.04. The summed E-state index contributed by atoms with van der Waals surface area (Å²) in [6, 6.07) is 10.4. The van der Waals surface area contributed by atoms with Crippen molar-refractivity contribution in [3.8, 4) is 0 Å². The van der Waals surface area contributed by atoms with Crippen LogP contribution in [0.3, 0.4) is 0 Å². The van der Waals surface area contributed by atoms with Gasteiger partial charge in [-0.3, -0.25) is 5.10 Å². The Labute approximate surface area is 162 Å². The third-order valence-corrected chi connectivity index (χ3v) is 5.86. The number of nitrogens with zero attached hydrogens (tertiary/aromatic N) is 1. The highest BCUT2D eigenvalue weighted by atomic mass is 16.5. The largest absolute Gasteiger partial charge is 0.381 e. The second kappa shape index (κ2) is 7.61. The Morgan fingerprint density at radius 2 is 1.96 bits per heavy atom. The van der Waals surface area contributed by atoms with Gasteiger partial charge < -0.3 is 9.47 Å². The zero-order valence-corrected chi connectivity index (χ0v) is 16.5. The molecule has 2 aliphatic rings. The van der Waals surface area contributed by atoms with Crippen molar-refractivity contribution >= 4 is 6.08 Å². The molecule has 1 spiro atoms. The summed E-state index contributed by atoms with van der Waals surface area (Å²) >= 11 is 0. The second-order valence-electron chi connectivity index (χ2n) is 8.87. The monoisotopic (exact) mass is 366 g/mol. The first-order valence-corrected chi connectivity index (χ1v) is 10.0. The molecule has 0 atom stereocenters. The van der Waals surface area contributed by atoms with Crippen molar-refractivity contribution in [3.05, 3.63) is 58.9 Å². The van der Waals surface area contributed by atoms with E-state index in [4.69, 9.17) is 9.47 Å². The minimum absolute atomic E-state index is 0.0434. The van der Waals surface area contributed by atoms with Gasteiger partial charge in [0.25, 0.3) is 0 Å². The fraction of sp³-hybridized carbons (Fsp3) is 0.522. The minimum atomic E-state index is 0.0434. The van der Waals surface area contributed by atoms with Crippen LogP contribution in [0.1, 0.15) is 49.2 Å². The molecule has 0 saturated carbocycles. The molecule has 27 heavy (non-hydrogen) atoms. The van der Waals surface area contributed by atoms with Gasteiger partial charge in [0.15, 0.2) is 0 Å². The van der Waals surface area contributed by atoms with Gasteiger partial charge in [-0.15, -0.1) is 0 Å². The number of ether oxygens (including phenoxy) is 2. The van der Waals surface area contributed by atoms with E-state index in [2.05, 4.69) is 60.5 Å². The molecule has 0 radical (unpaired) electrons. The van der Waals surface area contributed by atoms with Crippen molar-refractivity contribution in [1.29, 1.82) is 0 Å². The lowest BCUT2D eigenvalue weighted by molar-refractivity contribution is 0.0367. The Kier molecular flexibility index (Phi) is 5.20. The van der Waals surface area contributed by atoms with Crippen LogP contribution in [-0.2, 0) is 28.9 Å². The number of aromatic amines is 1. The summed E-state index contributed by atoms with van der Waals surface area (Å²) < 4.78 is 11.6. The van der Waals surface area contributed by atoms with E-state index in [0.29, 0.717) is 6.61 Å². The van der Waals surface area contributed by atoms with E-state index in [0.717, 1.165) is 45.5 Å². The highest BCUT2D eigenvalue weighted by molar-refractivity contribution is 5.55. The van der Waals surface area contributed by atoms with Gasteiger partial charge in [-0.2, -0.15) is 5.10 Å². The molecule has 4 nitrogen and oxygen atoms in total. The Hall–Kier alpha value is -1.91. The third kappa shape index (κ3) is 4.33. The van der Waals surface area contributed by atoms with Gasteiger partial charge in [0.05, 0.1) is 24.6 Å². The number of hydrogen-bond donors (Lipinski definition) is 1.